The van der Waals surface area contributed by atoms with Crippen molar-refractivity contribution in [3.63, 3.8) is 0 Å². The maximum atomic E-state index is 11.9. The van der Waals surface area contributed by atoms with Crippen LogP contribution in [0.5, 0.6) is 5.75 Å². The van der Waals surface area contributed by atoms with Crippen LogP contribution >= 0.6 is 11.8 Å². The van der Waals surface area contributed by atoms with Gasteiger partial charge in [0.25, 0.3) is 0 Å². The average molecular weight is 254 g/mol. The molecule has 0 aliphatic heterocycles. The molecule has 0 saturated carbocycles. The minimum atomic E-state index is 0.0672. The van der Waals surface area contributed by atoms with E-state index in [0.717, 1.165) is 5.75 Å². The highest BCUT2D eigenvalue weighted by Gasteiger charge is 2.11. The van der Waals surface area contributed by atoms with E-state index in [2.05, 4.69) is 0 Å². The SMILES string of the molecule is COc1ccccc1C(=O)CSCC(C)CO. The highest BCUT2D eigenvalue weighted by Crippen LogP contribution is 2.20. The Morgan fingerprint density at radius 3 is 2.82 bits per heavy atom. The zero-order chi connectivity index (χ0) is 12.7. The Kier molecular flexibility index (Phi) is 6.08. The molecule has 0 spiro atoms. The van der Waals surface area contributed by atoms with Gasteiger partial charge in [-0.05, 0) is 23.8 Å². The molecule has 3 nitrogen and oxygen atoms in total. The van der Waals surface area contributed by atoms with E-state index in [4.69, 9.17) is 9.84 Å². The zero-order valence-corrected chi connectivity index (χ0v) is 11.0. The van der Waals surface area contributed by atoms with Crippen LogP contribution in [0.4, 0.5) is 0 Å². The number of hydrogen-bond donors (Lipinski definition) is 1. The third kappa shape index (κ3) is 4.40. The molecule has 17 heavy (non-hydrogen) atoms. The van der Waals surface area contributed by atoms with Gasteiger partial charge in [-0.3, -0.25) is 4.79 Å². The number of aliphatic hydroxyl groups is 1. The number of methoxy groups -OCH3 is 1. The van der Waals surface area contributed by atoms with Crippen molar-refractivity contribution in [2.75, 3.05) is 25.2 Å². The van der Waals surface area contributed by atoms with Gasteiger partial charge in [0.2, 0.25) is 0 Å². The van der Waals surface area contributed by atoms with Crippen molar-refractivity contribution in [3.05, 3.63) is 29.8 Å². The van der Waals surface area contributed by atoms with Crippen molar-refractivity contribution in [1.29, 1.82) is 0 Å². The molecule has 0 saturated heterocycles. The fourth-order valence-corrected chi connectivity index (χ4v) is 2.32. The Morgan fingerprint density at radius 2 is 2.18 bits per heavy atom. The average Bonchev–Trinajstić information content (AvgIpc) is 2.38. The van der Waals surface area contributed by atoms with E-state index in [1.807, 2.05) is 19.1 Å². The molecule has 1 atom stereocenters. The van der Waals surface area contributed by atoms with Crippen LogP contribution < -0.4 is 4.74 Å². The van der Waals surface area contributed by atoms with E-state index in [0.29, 0.717) is 17.1 Å². The summed E-state index contributed by atoms with van der Waals surface area (Å²) in [5.74, 6) is 2.12. The monoisotopic (exact) mass is 254 g/mol. The Morgan fingerprint density at radius 1 is 1.47 bits per heavy atom. The number of rotatable bonds is 7. The lowest BCUT2D eigenvalue weighted by atomic mass is 10.1. The molecule has 1 aromatic carbocycles. The normalized spacial score (nSPS) is 12.2. The number of ketones is 1. The highest BCUT2D eigenvalue weighted by atomic mass is 32.2. The number of ether oxygens (including phenoxy) is 1. The lowest BCUT2D eigenvalue weighted by Crippen LogP contribution is -2.09. The largest absolute Gasteiger partial charge is 0.496 e. The third-order valence-electron chi connectivity index (χ3n) is 2.35. The molecule has 0 bridgehead atoms. The van der Waals surface area contributed by atoms with Gasteiger partial charge in [-0.25, -0.2) is 0 Å². The molecule has 0 amide bonds. The molecular weight excluding hydrogens is 236 g/mol. The number of hydrogen-bond acceptors (Lipinski definition) is 4. The minimum absolute atomic E-state index is 0.0672. The first-order valence-electron chi connectivity index (χ1n) is 5.53. The second-order valence-corrected chi connectivity index (χ2v) is 4.96. The fourth-order valence-electron chi connectivity index (χ4n) is 1.36. The van der Waals surface area contributed by atoms with Crippen molar-refractivity contribution >= 4 is 17.5 Å². The maximum absolute atomic E-state index is 11.9. The smallest absolute Gasteiger partial charge is 0.176 e. The number of aliphatic hydroxyl groups excluding tert-OH is 1. The van der Waals surface area contributed by atoms with Crippen LogP contribution in [-0.2, 0) is 0 Å². The molecular formula is C13H18O3S. The van der Waals surface area contributed by atoms with E-state index >= 15 is 0 Å². The molecule has 0 radical (unpaired) electrons. The summed E-state index contributed by atoms with van der Waals surface area (Å²) in [4.78, 5) is 11.9. The summed E-state index contributed by atoms with van der Waals surface area (Å²) in [7, 11) is 1.56. The number of thioether (sulfide) groups is 1. The van der Waals surface area contributed by atoms with Gasteiger partial charge in [0, 0.05) is 6.61 Å². The molecule has 0 aromatic heterocycles. The molecule has 1 aromatic rings. The quantitative estimate of drug-likeness (QED) is 0.758. The number of carbonyl (C=O) groups is 1. The maximum Gasteiger partial charge on any atom is 0.176 e. The Labute approximate surface area is 106 Å². The van der Waals surface area contributed by atoms with E-state index in [-0.39, 0.29) is 18.3 Å². The van der Waals surface area contributed by atoms with Crippen molar-refractivity contribution in [1.82, 2.24) is 0 Å². The van der Waals surface area contributed by atoms with Gasteiger partial charge in [-0.2, -0.15) is 11.8 Å². The topological polar surface area (TPSA) is 46.5 Å². The first-order valence-corrected chi connectivity index (χ1v) is 6.69. The number of Topliss-reactive ketones (excluding diaryl/α,β-unsaturated/α-hetero) is 1. The number of carbonyl (C=O) groups excluding carboxylic acids is 1. The van der Waals surface area contributed by atoms with Gasteiger partial charge in [0.05, 0.1) is 18.4 Å². The van der Waals surface area contributed by atoms with Crippen molar-refractivity contribution in [3.8, 4) is 5.75 Å². The lowest BCUT2D eigenvalue weighted by molar-refractivity contribution is 0.101. The summed E-state index contributed by atoms with van der Waals surface area (Å²) in [5.41, 5.74) is 0.624. The molecule has 4 heteroatoms. The molecule has 1 N–H and O–H groups in total. The van der Waals surface area contributed by atoms with Crippen LogP contribution in [0.1, 0.15) is 17.3 Å². The Balaban J connectivity index is 2.52. The third-order valence-corrected chi connectivity index (χ3v) is 3.63. The van der Waals surface area contributed by atoms with Crippen molar-refractivity contribution in [2.45, 2.75) is 6.92 Å². The summed E-state index contributed by atoms with van der Waals surface area (Å²) < 4.78 is 5.14. The highest BCUT2D eigenvalue weighted by molar-refractivity contribution is 7.99. The molecule has 0 fully saturated rings. The van der Waals surface area contributed by atoms with Crippen LogP contribution in [-0.4, -0.2) is 36.1 Å². The van der Waals surface area contributed by atoms with Gasteiger partial charge in [-0.15, -0.1) is 0 Å². The second-order valence-electron chi connectivity index (χ2n) is 3.93. The standard InChI is InChI=1S/C13H18O3S/c1-10(7-14)8-17-9-12(15)11-5-3-4-6-13(11)16-2/h3-6,10,14H,7-9H2,1-2H3. The first-order chi connectivity index (χ1) is 8.19. The summed E-state index contributed by atoms with van der Waals surface area (Å²) in [6.45, 7) is 2.12. The number of para-hydroxylation sites is 1. The minimum Gasteiger partial charge on any atom is -0.496 e. The van der Waals surface area contributed by atoms with E-state index in [1.54, 1.807) is 31.0 Å². The molecule has 1 unspecified atom stereocenters. The summed E-state index contributed by atoms with van der Waals surface area (Å²) in [6.07, 6.45) is 0. The summed E-state index contributed by atoms with van der Waals surface area (Å²) >= 11 is 1.54. The summed E-state index contributed by atoms with van der Waals surface area (Å²) in [6, 6.07) is 7.23. The molecule has 0 aliphatic carbocycles. The fraction of sp³-hybridized carbons (Fsp3) is 0.462. The van der Waals surface area contributed by atoms with E-state index in [9.17, 15) is 4.79 Å². The van der Waals surface area contributed by atoms with Gasteiger partial charge < -0.3 is 9.84 Å². The predicted molar refractivity (Wildman–Crippen MR) is 70.9 cm³/mol. The Hall–Kier alpha value is -1.00. The first kappa shape index (κ1) is 14.1. The van der Waals surface area contributed by atoms with Crippen molar-refractivity contribution in [2.24, 2.45) is 5.92 Å². The molecule has 0 heterocycles. The Bertz CT molecular complexity index is 365. The van der Waals surface area contributed by atoms with Crippen LogP contribution in [0, 0.1) is 5.92 Å². The van der Waals surface area contributed by atoms with Gasteiger partial charge in [-0.1, -0.05) is 19.1 Å². The van der Waals surface area contributed by atoms with Gasteiger partial charge in [0.1, 0.15) is 5.75 Å². The number of benzene rings is 1. The van der Waals surface area contributed by atoms with E-state index in [1.165, 1.54) is 0 Å². The van der Waals surface area contributed by atoms with Gasteiger partial charge >= 0.3 is 0 Å². The molecule has 0 aliphatic rings. The lowest BCUT2D eigenvalue weighted by Gasteiger charge is -2.08. The zero-order valence-electron chi connectivity index (χ0n) is 10.2. The van der Waals surface area contributed by atoms with E-state index < -0.39 is 0 Å². The summed E-state index contributed by atoms with van der Waals surface area (Å²) in [5, 5.41) is 8.88. The predicted octanol–water partition coefficient (Wildman–Crippen LogP) is 2.24. The van der Waals surface area contributed by atoms with Crippen LogP contribution in [0.2, 0.25) is 0 Å². The van der Waals surface area contributed by atoms with Gasteiger partial charge in [0.15, 0.2) is 5.78 Å². The molecule has 1 rings (SSSR count). The van der Waals surface area contributed by atoms with Crippen LogP contribution in [0.25, 0.3) is 0 Å². The molecule has 94 valence electrons. The van der Waals surface area contributed by atoms with Crippen LogP contribution in [0.3, 0.4) is 0 Å². The van der Waals surface area contributed by atoms with Crippen molar-refractivity contribution < 1.29 is 14.6 Å². The van der Waals surface area contributed by atoms with Crippen LogP contribution in [0.15, 0.2) is 24.3 Å². The second kappa shape index (κ2) is 7.35.